The molecule has 0 N–H and O–H groups in total. The molecular formula is C6H11Br3Si. The lowest BCUT2D eigenvalue weighted by molar-refractivity contribution is 1.78. The molecule has 0 aromatic heterocycles. The summed E-state index contributed by atoms with van der Waals surface area (Å²) >= 11 is 0. The minimum absolute atomic E-state index is 0. The molecule has 0 atom stereocenters. The van der Waals surface area contributed by atoms with Crippen molar-refractivity contribution in [2.45, 2.75) is 0 Å². The smallest absolute Gasteiger partial charge is 0.0384 e. The van der Waals surface area contributed by atoms with Crippen LogP contribution in [0.5, 0.6) is 0 Å². The Kier molecular flexibility index (Phi) is 16.9. The van der Waals surface area contributed by atoms with Crippen LogP contribution in [-0.4, -0.2) is 10.2 Å². The Balaban J connectivity index is -0.000000163. The van der Waals surface area contributed by atoms with Crippen LogP contribution < -0.4 is 5.19 Å². The van der Waals surface area contributed by atoms with Gasteiger partial charge < -0.3 is 0 Å². The first kappa shape index (κ1) is 17.1. The van der Waals surface area contributed by atoms with Gasteiger partial charge in [0.15, 0.2) is 0 Å². The van der Waals surface area contributed by atoms with Gasteiger partial charge in [-0.25, -0.2) is 0 Å². The first-order valence-electron chi connectivity index (χ1n) is 2.41. The van der Waals surface area contributed by atoms with E-state index in [1.807, 2.05) is 6.07 Å². The van der Waals surface area contributed by atoms with Crippen molar-refractivity contribution in [1.29, 1.82) is 0 Å². The number of benzene rings is 1. The van der Waals surface area contributed by atoms with Gasteiger partial charge in [-0.15, -0.1) is 50.9 Å². The average Bonchev–Trinajstić information content (AvgIpc) is 1.69. The zero-order valence-electron chi connectivity index (χ0n) is 5.61. The maximum atomic E-state index is 2.15. The highest BCUT2D eigenvalue weighted by Gasteiger charge is 1.72. The first-order chi connectivity index (χ1) is 3.39. The van der Waals surface area contributed by atoms with Gasteiger partial charge in [0.05, 0.1) is 0 Å². The Morgan fingerprint density at radius 2 is 1.20 bits per heavy atom. The molecule has 1 aromatic rings. The molecule has 0 nitrogen and oxygen atoms in total. The van der Waals surface area contributed by atoms with E-state index in [-0.39, 0.29) is 50.9 Å². The van der Waals surface area contributed by atoms with E-state index in [9.17, 15) is 0 Å². The highest BCUT2D eigenvalue weighted by Crippen LogP contribution is 1.76. The zero-order chi connectivity index (χ0) is 5.11. The van der Waals surface area contributed by atoms with Crippen molar-refractivity contribution >= 4 is 66.4 Å². The normalized spacial score (nSPS) is 6.40. The van der Waals surface area contributed by atoms with E-state index >= 15 is 0 Å². The molecule has 0 amide bonds. The molecule has 0 heterocycles. The van der Waals surface area contributed by atoms with Crippen molar-refractivity contribution < 1.29 is 0 Å². The summed E-state index contributed by atoms with van der Waals surface area (Å²) in [5, 5.41) is 1.46. The van der Waals surface area contributed by atoms with E-state index < -0.39 is 0 Å². The summed E-state index contributed by atoms with van der Waals surface area (Å²) in [5.74, 6) is 0. The summed E-state index contributed by atoms with van der Waals surface area (Å²) in [6.45, 7) is 0. The zero-order valence-corrected chi connectivity index (χ0v) is 12.8. The topological polar surface area (TPSA) is 0 Å². The number of rotatable bonds is 0. The van der Waals surface area contributed by atoms with Crippen LogP contribution in [0.4, 0.5) is 0 Å². The predicted octanol–water partition coefficient (Wildman–Crippen LogP) is 1.41. The molecule has 1 rings (SSSR count). The highest BCUT2D eigenvalue weighted by molar-refractivity contribution is 8.93. The second-order valence-electron chi connectivity index (χ2n) is 1.65. The van der Waals surface area contributed by atoms with Gasteiger partial charge in [-0.1, -0.05) is 35.5 Å². The fraction of sp³-hybridized carbons (Fsp3) is 0. The Hall–Kier alpha value is 0.877. The quantitative estimate of drug-likeness (QED) is 0.621. The molecule has 0 radical (unpaired) electrons. The van der Waals surface area contributed by atoms with E-state index in [4.69, 9.17) is 0 Å². The lowest BCUT2D eigenvalue weighted by atomic mass is 10.4. The number of hydrogen-bond acceptors (Lipinski definition) is 0. The molecular weight excluding hydrogens is 340 g/mol. The van der Waals surface area contributed by atoms with Crippen molar-refractivity contribution in [2.24, 2.45) is 0 Å². The minimum atomic E-state index is 0. The van der Waals surface area contributed by atoms with Crippen LogP contribution in [0.1, 0.15) is 0 Å². The molecule has 0 aliphatic heterocycles. The van der Waals surface area contributed by atoms with Crippen molar-refractivity contribution in [2.75, 3.05) is 0 Å². The van der Waals surface area contributed by atoms with E-state index in [0.717, 1.165) is 0 Å². The van der Waals surface area contributed by atoms with Crippen molar-refractivity contribution in [3.8, 4) is 0 Å². The summed E-state index contributed by atoms with van der Waals surface area (Å²) in [6, 6.07) is 10.5. The standard InChI is InChI=1S/C6H8Si.3BrH/c7-6-4-2-1-3-5-6;;;/h1-5H,7H3;3*1H. The molecule has 0 saturated carbocycles. The Labute approximate surface area is 96.1 Å². The number of hydrogen-bond donors (Lipinski definition) is 0. The Morgan fingerprint density at radius 3 is 1.40 bits per heavy atom. The second kappa shape index (κ2) is 9.88. The molecule has 1 aromatic carbocycles. The third-order valence-corrected chi connectivity index (χ3v) is 1.61. The maximum absolute atomic E-state index is 2.15. The minimum Gasteiger partial charge on any atom is -0.114 e. The molecule has 0 aliphatic carbocycles. The fourth-order valence-corrected chi connectivity index (χ4v) is 0.919. The van der Waals surface area contributed by atoms with Gasteiger partial charge in [0.25, 0.3) is 0 Å². The summed E-state index contributed by atoms with van der Waals surface area (Å²) in [5.41, 5.74) is 0. The van der Waals surface area contributed by atoms with Gasteiger partial charge >= 0.3 is 0 Å². The van der Waals surface area contributed by atoms with Gasteiger partial charge in [-0.2, -0.15) is 0 Å². The van der Waals surface area contributed by atoms with Crippen LogP contribution in [-0.2, 0) is 0 Å². The number of halogens is 3. The summed E-state index contributed by atoms with van der Waals surface area (Å²) in [7, 11) is 1.17. The van der Waals surface area contributed by atoms with E-state index in [2.05, 4.69) is 24.3 Å². The van der Waals surface area contributed by atoms with Crippen molar-refractivity contribution in [3.63, 3.8) is 0 Å². The summed E-state index contributed by atoms with van der Waals surface area (Å²) in [4.78, 5) is 0. The van der Waals surface area contributed by atoms with E-state index in [1.54, 1.807) is 0 Å². The summed E-state index contributed by atoms with van der Waals surface area (Å²) < 4.78 is 0. The van der Waals surface area contributed by atoms with Crippen molar-refractivity contribution in [1.82, 2.24) is 0 Å². The Bertz CT molecular complexity index is 143. The lowest BCUT2D eigenvalue weighted by Crippen LogP contribution is -1.97. The molecule has 4 heteroatoms. The lowest BCUT2D eigenvalue weighted by Gasteiger charge is -1.82. The molecule has 0 fully saturated rings. The van der Waals surface area contributed by atoms with Crippen LogP contribution >= 0.6 is 50.9 Å². The van der Waals surface area contributed by atoms with Crippen LogP contribution in [0, 0.1) is 0 Å². The third-order valence-electron chi connectivity index (χ3n) is 0.940. The van der Waals surface area contributed by atoms with Crippen LogP contribution in [0.25, 0.3) is 0 Å². The van der Waals surface area contributed by atoms with E-state index in [1.165, 1.54) is 15.4 Å². The molecule has 0 spiro atoms. The van der Waals surface area contributed by atoms with Crippen LogP contribution in [0.3, 0.4) is 0 Å². The second-order valence-corrected chi connectivity index (χ2v) is 2.81. The van der Waals surface area contributed by atoms with Crippen LogP contribution in [0.2, 0.25) is 0 Å². The van der Waals surface area contributed by atoms with Gasteiger partial charge in [-0.05, 0) is 0 Å². The fourth-order valence-electron chi connectivity index (χ4n) is 0.534. The largest absolute Gasteiger partial charge is 0.114 e. The molecule has 10 heavy (non-hydrogen) atoms. The van der Waals surface area contributed by atoms with Gasteiger partial charge in [0.1, 0.15) is 0 Å². The molecule has 0 saturated heterocycles. The molecule has 60 valence electrons. The third kappa shape index (κ3) is 6.99. The van der Waals surface area contributed by atoms with Gasteiger partial charge in [0, 0.05) is 10.2 Å². The van der Waals surface area contributed by atoms with Gasteiger partial charge in [0.2, 0.25) is 0 Å². The SMILES string of the molecule is Br.Br.Br.[SiH3]c1ccccc1. The monoisotopic (exact) mass is 348 g/mol. The average molecular weight is 351 g/mol. The highest BCUT2D eigenvalue weighted by atomic mass is 79.9. The van der Waals surface area contributed by atoms with Crippen molar-refractivity contribution in [3.05, 3.63) is 30.3 Å². The van der Waals surface area contributed by atoms with Crippen LogP contribution in [0.15, 0.2) is 30.3 Å². The molecule has 0 bridgehead atoms. The molecule has 0 aliphatic rings. The predicted molar refractivity (Wildman–Crippen MR) is 67.0 cm³/mol. The van der Waals surface area contributed by atoms with E-state index in [0.29, 0.717) is 0 Å². The maximum Gasteiger partial charge on any atom is 0.0384 e. The summed E-state index contributed by atoms with van der Waals surface area (Å²) in [6.07, 6.45) is 0. The molecule has 0 unspecified atom stereocenters. The van der Waals surface area contributed by atoms with Gasteiger partial charge in [-0.3, -0.25) is 0 Å². The first-order valence-corrected chi connectivity index (χ1v) is 3.41. The Morgan fingerprint density at radius 1 is 0.800 bits per heavy atom.